The number of nitrogens with one attached hydrogen (secondary N) is 1. The highest BCUT2D eigenvalue weighted by molar-refractivity contribution is 6.32. The van der Waals surface area contributed by atoms with Crippen LogP contribution in [0.1, 0.15) is 42.1 Å². The van der Waals surface area contributed by atoms with Crippen LogP contribution in [-0.2, 0) is 20.9 Å². The average Bonchev–Trinajstić information content (AvgIpc) is 2.98. The molecule has 0 aliphatic rings. The van der Waals surface area contributed by atoms with Crippen LogP contribution in [0.4, 0.5) is 5.69 Å². The maximum atomic E-state index is 12.7. The second-order valence-electron chi connectivity index (χ2n) is 9.25. The second-order valence-corrected chi connectivity index (χ2v) is 9.66. The van der Waals surface area contributed by atoms with E-state index in [9.17, 15) is 14.4 Å². The molecule has 0 saturated carbocycles. The number of carbonyl (C=O) groups is 3. The molecule has 4 rings (SSSR count). The molecule has 1 N–H and O–H groups in total. The smallest absolute Gasteiger partial charge is 0.306 e. The Labute approximate surface area is 244 Å². The van der Waals surface area contributed by atoms with Gasteiger partial charge in [0, 0.05) is 24.1 Å². The van der Waals surface area contributed by atoms with Gasteiger partial charge in [-0.15, -0.1) is 0 Å². The van der Waals surface area contributed by atoms with E-state index in [2.05, 4.69) is 5.32 Å². The Morgan fingerprint density at radius 1 is 0.780 bits per heavy atom. The van der Waals surface area contributed by atoms with Gasteiger partial charge in [0.1, 0.15) is 23.9 Å². The third-order valence-electron chi connectivity index (χ3n) is 6.05. The van der Waals surface area contributed by atoms with E-state index >= 15 is 0 Å². The molecule has 8 heteroatoms. The lowest BCUT2D eigenvalue weighted by molar-refractivity contribution is -0.146. The first-order chi connectivity index (χ1) is 19.9. The fourth-order valence-electron chi connectivity index (χ4n) is 3.88. The van der Waals surface area contributed by atoms with Crippen molar-refractivity contribution in [2.45, 2.75) is 38.9 Å². The van der Waals surface area contributed by atoms with Gasteiger partial charge in [0.15, 0.2) is 6.10 Å². The average molecular weight is 572 g/mol. The summed E-state index contributed by atoms with van der Waals surface area (Å²) in [6, 6.07) is 30.5. The minimum atomic E-state index is -0.945. The Kier molecular flexibility index (Phi) is 10.5. The van der Waals surface area contributed by atoms with Gasteiger partial charge >= 0.3 is 5.97 Å². The van der Waals surface area contributed by atoms with Crippen LogP contribution in [0.5, 0.6) is 17.2 Å². The van der Waals surface area contributed by atoms with E-state index in [0.29, 0.717) is 40.1 Å². The SMILES string of the molecule is CC(OC(=O)CCCC(=O)Nc1ccc(Oc2ccccc2Cl)cc1)C(=O)c1ccc(OCc2ccccc2)cc1. The number of ketones is 1. The van der Waals surface area contributed by atoms with Crippen molar-refractivity contribution in [3.63, 3.8) is 0 Å². The first kappa shape index (κ1) is 29.4. The molecule has 41 heavy (non-hydrogen) atoms. The molecule has 0 aromatic heterocycles. The first-order valence-corrected chi connectivity index (χ1v) is 13.6. The number of Topliss-reactive ketones (excluding diaryl/α,β-unsaturated/α-hetero) is 1. The van der Waals surface area contributed by atoms with Crippen molar-refractivity contribution >= 4 is 34.9 Å². The van der Waals surface area contributed by atoms with Crippen molar-refractivity contribution in [3.05, 3.63) is 119 Å². The van der Waals surface area contributed by atoms with Gasteiger partial charge in [0.25, 0.3) is 0 Å². The summed E-state index contributed by atoms with van der Waals surface area (Å²) < 4.78 is 16.8. The van der Waals surface area contributed by atoms with Crippen LogP contribution in [0.2, 0.25) is 5.02 Å². The normalized spacial score (nSPS) is 11.3. The Morgan fingerprint density at radius 2 is 1.44 bits per heavy atom. The van der Waals surface area contributed by atoms with Crippen LogP contribution < -0.4 is 14.8 Å². The van der Waals surface area contributed by atoms with E-state index in [1.807, 2.05) is 42.5 Å². The number of esters is 1. The number of amides is 1. The lowest BCUT2D eigenvalue weighted by atomic mass is 10.1. The molecule has 4 aromatic rings. The minimum Gasteiger partial charge on any atom is -0.489 e. The highest BCUT2D eigenvalue weighted by atomic mass is 35.5. The number of hydrogen-bond acceptors (Lipinski definition) is 6. The zero-order valence-electron chi connectivity index (χ0n) is 22.5. The van der Waals surface area contributed by atoms with E-state index in [-0.39, 0.29) is 31.0 Å². The fraction of sp³-hybridized carbons (Fsp3) is 0.182. The van der Waals surface area contributed by atoms with E-state index in [0.717, 1.165) is 5.56 Å². The quantitative estimate of drug-likeness (QED) is 0.131. The van der Waals surface area contributed by atoms with Gasteiger partial charge in [-0.05, 0) is 79.6 Å². The van der Waals surface area contributed by atoms with Crippen LogP contribution >= 0.6 is 11.6 Å². The zero-order valence-corrected chi connectivity index (χ0v) is 23.3. The molecule has 0 aliphatic carbocycles. The van der Waals surface area contributed by atoms with Crippen LogP contribution in [0.15, 0.2) is 103 Å². The maximum absolute atomic E-state index is 12.7. The molecule has 0 aliphatic heterocycles. The van der Waals surface area contributed by atoms with Crippen molar-refractivity contribution < 1.29 is 28.6 Å². The number of benzene rings is 4. The van der Waals surface area contributed by atoms with Crippen LogP contribution in [0, 0.1) is 0 Å². The zero-order chi connectivity index (χ0) is 29.0. The van der Waals surface area contributed by atoms with Gasteiger partial charge in [-0.1, -0.05) is 54.1 Å². The molecule has 1 atom stereocenters. The molecule has 0 radical (unpaired) electrons. The number of para-hydroxylation sites is 1. The first-order valence-electron chi connectivity index (χ1n) is 13.2. The van der Waals surface area contributed by atoms with Gasteiger partial charge in [0.05, 0.1) is 5.02 Å². The van der Waals surface area contributed by atoms with Gasteiger partial charge in [-0.2, -0.15) is 0 Å². The topological polar surface area (TPSA) is 90.9 Å². The number of carbonyl (C=O) groups excluding carboxylic acids is 3. The molecule has 0 bridgehead atoms. The summed E-state index contributed by atoms with van der Waals surface area (Å²) >= 11 is 6.11. The molecule has 1 amide bonds. The summed E-state index contributed by atoms with van der Waals surface area (Å²) in [5.74, 6) is 0.659. The van der Waals surface area contributed by atoms with Crippen LogP contribution in [0.3, 0.4) is 0 Å². The summed E-state index contributed by atoms with van der Waals surface area (Å²) in [5.41, 5.74) is 2.06. The Balaban J connectivity index is 1.15. The van der Waals surface area contributed by atoms with E-state index < -0.39 is 12.1 Å². The highest BCUT2D eigenvalue weighted by Gasteiger charge is 2.19. The predicted molar refractivity (Wildman–Crippen MR) is 158 cm³/mol. The maximum Gasteiger partial charge on any atom is 0.306 e. The number of rotatable bonds is 13. The van der Waals surface area contributed by atoms with E-state index in [1.54, 1.807) is 60.7 Å². The standard InChI is InChI=1S/C33H30ClNO6/c1-23(33(38)25-14-18-27(19-15-25)39-22-24-8-3-2-4-9-24)40-32(37)13-7-12-31(36)35-26-16-20-28(21-17-26)41-30-11-6-5-10-29(30)34/h2-6,8-11,14-21,23H,7,12-13,22H2,1H3,(H,35,36). The fourth-order valence-corrected chi connectivity index (χ4v) is 4.05. The van der Waals surface area contributed by atoms with Crippen molar-refractivity contribution in [2.75, 3.05) is 5.32 Å². The summed E-state index contributed by atoms with van der Waals surface area (Å²) in [5, 5.41) is 3.29. The molecule has 4 aromatic carbocycles. The van der Waals surface area contributed by atoms with Crippen molar-refractivity contribution in [1.29, 1.82) is 0 Å². The van der Waals surface area contributed by atoms with Crippen LogP contribution in [-0.4, -0.2) is 23.8 Å². The molecule has 1 unspecified atom stereocenters. The molecular weight excluding hydrogens is 542 g/mol. The van der Waals surface area contributed by atoms with Crippen LogP contribution in [0.25, 0.3) is 0 Å². The van der Waals surface area contributed by atoms with E-state index in [1.165, 1.54) is 6.92 Å². The predicted octanol–water partition coefficient (Wildman–Crippen LogP) is 7.63. The molecular formula is C33H30ClNO6. The van der Waals surface area contributed by atoms with Gasteiger partial charge < -0.3 is 19.5 Å². The highest BCUT2D eigenvalue weighted by Crippen LogP contribution is 2.29. The molecule has 0 fully saturated rings. The molecule has 0 spiro atoms. The van der Waals surface area contributed by atoms with Gasteiger partial charge in [-0.3, -0.25) is 14.4 Å². The van der Waals surface area contributed by atoms with E-state index in [4.69, 9.17) is 25.8 Å². The Morgan fingerprint density at radius 3 is 2.15 bits per heavy atom. The van der Waals surface area contributed by atoms with Gasteiger partial charge in [0.2, 0.25) is 11.7 Å². The summed E-state index contributed by atoms with van der Waals surface area (Å²) in [6.07, 6.45) is -0.520. The molecule has 0 heterocycles. The summed E-state index contributed by atoms with van der Waals surface area (Å²) in [4.78, 5) is 37.3. The second kappa shape index (κ2) is 14.7. The summed E-state index contributed by atoms with van der Waals surface area (Å²) in [7, 11) is 0. The molecule has 0 saturated heterocycles. The Hall–Kier alpha value is -4.62. The lowest BCUT2D eigenvalue weighted by Gasteiger charge is -2.13. The largest absolute Gasteiger partial charge is 0.489 e. The van der Waals surface area contributed by atoms with Crippen molar-refractivity contribution in [3.8, 4) is 17.2 Å². The number of ether oxygens (including phenoxy) is 3. The number of anilines is 1. The number of halogens is 1. The van der Waals surface area contributed by atoms with Crippen molar-refractivity contribution in [1.82, 2.24) is 0 Å². The van der Waals surface area contributed by atoms with Crippen molar-refractivity contribution in [2.24, 2.45) is 0 Å². The third kappa shape index (κ3) is 9.22. The van der Waals surface area contributed by atoms with Gasteiger partial charge in [-0.25, -0.2) is 0 Å². The summed E-state index contributed by atoms with van der Waals surface area (Å²) in [6.45, 7) is 1.96. The lowest BCUT2D eigenvalue weighted by Crippen LogP contribution is -2.24. The molecule has 210 valence electrons. The third-order valence-corrected chi connectivity index (χ3v) is 6.36. The monoisotopic (exact) mass is 571 g/mol. The molecule has 7 nitrogen and oxygen atoms in total. The Bertz CT molecular complexity index is 1460. The number of hydrogen-bond donors (Lipinski definition) is 1. The minimum absolute atomic E-state index is 0.0158.